The molecule has 5 heteroatoms. The van der Waals surface area contributed by atoms with Crippen LogP contribution < -0.4 is 0 Å². The summed E-state index contributed by atoms with van der Waals surface area (Å²) in [6.45, 7) is 3.38. The molecule has 1 aromatic rings. The van der Waals surface area contributed by atoms with E-state index >= 15 is 0 Å². The molecular formula is C21H26N2O3. The third kappa shape index (κ3) is 3.15. The van der Waals surface area contributed by atoms with Crippen LogP contribution >= 0.6 is 0 Å². The second-order valence-corrected chi connectivity index (χ2v) is 8.21. The number of Topliss-reactive ketones (excluding diaryl/α,β-unsaturated/α-hetero) is 1. The van der Waals surface area contributed by atoms with E-state index in [4.69, 9.17) is 0 Å². The lowest BCUT2D eigenvalue weighted by atomic mass is 9.67. The van der Waals surface area contributed by atoms with Crippen LogP contribution in [0.2, 0.25) is 0 Å². The first-order chi connectivity index (χ1) is 12.5. The lowest BCUT2D eigenvalue weighted by Crippen LogP contribution is -2.55. The first kappa shape index (κ1) is 17.3. The van der Waals surface area contributed by atoms with Crippen LogP contribution in [-0.4, -0.2) is 53.1 Å². The quantitative estimate of drug-likeness (QED) is 0.783. The van der Waals surface area contributed by atoms with E-state index in [-0.39, 0.29) is 28.9 Å². The van der Waals surface area contributed by atoms with Crippen molar-refractivity contribution in [2.24, 2.45) is 5.41 Å². The fraction of sp³-hybridized carbons (Fsp3) is 0.571. The number of carbonyl (C=O) groups is 3. The van der Waals surface area contributed by atoms with Gasteiger partial charge in [0.25, 0.3) is 5.91 Å². The summed E-state index contributed by atoms with van der Waals surface area (Å²) in [6.07, 6.45) is 4.80. The Morgan fingerprint density at radius 3 is 2.31 bits per heavy atom. The van der Waals surface area contributed by atoms with Crippen molar-refractivity contribution >= 4 is 17.6 Å². The topological polar surface area (TPSA) is 57.7 Å². The van der Waals surface area contributed by atoms with Crippen LogP contribution in [0.1, 0.15) is 50.5 Å². The van der Waals surface area contributed by atoms with Crippen molar-refractivity contribution in [2.75, 3.05) is 19.6 Å². The first-order valence-electron chi connectivity index (χ1n) is 9.64. The zero-order valence-electron chi connectivity index (χ0n) is 15.3. The van der Waals surface area contributed by atoms with Crippen LogP contribution in [0.4, 0.5) is 0 Å². The van der Waals surface area contributed by atoms with Crippen molar-refractivity contribution in [2.45, 2.75) is 51.0 Å². The third-order valence-electron chi connectivity index (χ3n) is 6.33. The molecule has 0 aromatic heterocycles. The van der Waals surface area contributed by atoms with Crippen LogP contribution in [0.5, 0.6) is 0 Å². The molecule has 4 rings (SSSR count). The van der Waals surface area contributed by atoms with Gasteiger partial charge in [-0.1, -0.05) is 30.3 Å². The number of ketones is 1. The molecule has 1 spiro atoms. The van der Waals surface area contributed by atoms with Crippen molar-refractivity contribution in [3.05, 3.63) is 35.9 Å². The highest BCUT2D eigenvalue weighted by atomic mass is 16.2. The highest BCUT2D eigenvalue weighted by Gasteiger charge is 2.49. The number of carbonyl (C=O) groups excluding carboxylic acids is 3. The van der Waals surface area contributed by atoms with E-state index in [0.29, 0.717) is 19.1 Å². The van der Waals surface area contributed by atoms with E-state index in [9.17, 15) is 14.4 Å². The van der Waals surface area contributed by atoms with Crippen LogP contribution in [-0.2, 0) is 14.4 Å². The van der Waals surface area contributed by atoms with Crippen molar-refractivity contribution in [1.29, 1.82) is 0 Å². The monoisotopic (exact) mass is 354 g/mol. The Bertz CT molecular complexity index is 718. The summed E-state index contributed by atoms with van der Waals surface area (Å²) < 4.78 is 0. The largest absolute Gasteiger partial charge is 0.339 e. The predicted molar refractivity (Wildman–Crippen MR) is 97.5 cm³/mol. The lowest BCUT2D eigenvalue weighted by molar-refractivity contribution is -0.148. The van der Waals surface area contributed by atoms with Gasteiger partial charge < -0.3 is 9.80 Å². The summed E-state index contributed by atoms with van der Waals surface area (Å²) in [7, 11) is 0. The summed E-state index contributed by atoms with van der Waals surface area (Å²) in [5.41, 5.74) is 1.16. The summed E-state index contributed by atoms with van der Waals surface area (Å²) in [6, 6.07) is 10.5. The van der Waals surface area contributed by atoms with Gasteiger partial charge in [-0.15, -0.1) is 0 Å². The van der Waals surface area contributed by atoms with Gasteiger partial charge in [0.2, 0.25) is 11.7 Å². The number of likely N-dealkylation sites (tertiary alicyclic amines) is 2. The molecule has 1 atom stereocenters. The molecule has 2 saturated heterocycles. The van der Waals surface area contributed by atoms with Gasteiger partial charge in [-0.05, 0) is 43.1 Å². The minimum absolute atomic E-state index is 0.0601. The zero-order chi connectivity index (χ0) is 18.3. The molecule has 1 aromatic carbocycles. The van der Waals surface area contributed by atoms with Gasteiger partial charge in [0, 0.05) is 32.6 Å². The molecule has 0 N–H and O–H groups in total. The minimum atomic E-state index is -0.387. The normalized spacial score (nSPS) is 25.4. The summed E-state index contributed by atoms with van der Waals surface area (Å²) in [5, 5.41) is 0. The van der Waals surface area contributed by atoms with Gasteiger partial charge in [0.15, 0.2) is 0 Å². The Kier molecular flexibility index (Phi) is 4.33. The van der Waals surface area contributed by atoms with Crippen molar-refractivity contribution in [3.8, 4) is 0 Å². The fourth-order valence-electron chi connectivity index (χ4n) is 4.63. The van der Waals surface area contributed by atoms with Crippen LogP contribution in [0.25, 0.3) is 0 Å². The third-order valence-corrected chi connectivity index (χ3v) is 6.33. The number of rotatable bonds is 3. The molecule has 3 aliphatic rings. The van der Waals surface area contributed by atoms with E-state index in [1.807, 2.05) is 18.2 Å². The molecule has 0 unspecified atom stereocenters. The van der Waals surface area contributed by atoms with E-state index in [1.165, 1.54) is 6.92 Å². The highest BCUT2D eigenvalue weighted by Crippen LogP contribution is 2.48. The van der Waals surface area contributed by atoms with E-state index in [1.54, 1.807) is 4.90 Å². The van der Waals surface area contributed by atoms with Gasteiger partial charge in [0.05, 0.1) is 5.92 Å². The highest BCUT2D eigenvalue weighted by molar-refractivity contribution is 6.35. The maximum absolute atomic E-state index is 13.1. The average Bonchev–Trinajstić information content (AvgIpc) is 3.49. The maximum atomic E-state index is 13.1. The molecular weight excluding hydrogens is 328 g/mol. The Morgan fingerprint density at radius 1 is 1.08 bits per heavy atom. The first-order valence-corrected chi connectivity index (χ1v) is 9.64. The van der Waals surface area contributed by atoms with Crippen LogP contribution in [0, 0.1) is 5.41 Å². The molecule has 5 nitrogen and oxygen atoms in total. The number of hydrogen-bond donors (Lipinski definition) is 0. The van der Waals surface area contributed by atoms with E-state index in [0.717, 1.165) is 44.2 Å². The molecule has 1 saturated carbocycles. The Balaban J connectivity index is 1.56. The minimum Gasteiger partial charge on any atom is -0.339 e. The van der Waals surface area contributed by atoms with E-state index < -0.39 is 0 Å². The van der Waals surface area contributed by atoms with Gasteiger partial charge in [0.1, 0.15) is 0 Å². The molecule has 2 heterocycles. The maximum Gasteiger partial charge on any atom is 0.289 e. The van der Waals surface area contributed by atoms with Gasteiger partial charge in [-0.3, -0.25) is 14.4 Å². The van der Waals surface area contributed by atoms with Gasteiger partial charge >= 0.3 is 0 Å². The SMILES string of the molecule is CC(=O)C(=O)N1CCC2(CC1)C[C@H](c1ccccc1)C(=O)N(C1CC1)C2. The fourth-order valence-corrected chi connectivity index (χ4v) is 4.63. The Labute approximate surface area is 154 Å². The molecule has 0 radical (unpaired) electrons. The molecule has 2 amide bonds. The summed E-state index contributed by atoms with van der Waals surface area (Å²) in [4.78, 5) is 40.3. The molecule has 0 bridgehead atoms. The molecule has 3 fully saturated rings. The number of piperidine rings is 2. The molecule has 138 valence electrons. The number of nitrogens with zero attached hydrogens (tertiary/aromatic N) is 2. The number of amides is 2. The Morgan fingerprint density at radius 2 is 1.73 bits per heavy atom. The molecule has 2 aliphatic heterocycles. The smallest absolute Gasteiger partial charge is 0.289 e. The van der Waals surface area contributed by atoms with Crippen LogP contribution in [0.15, 0.2) is 30.3 Å². The van der Waals surface area contributed by atoms with Crippen molar-refractivity contribution in [1.82, 2.24) is 9.80 Å². The second-order valence-electron chi connectivity index (χ2n) is 8.21. The number of hydrogen-bond acceptors (Lipinski definition) is 3. The molecule has 26 heavy (non-hydrogen) atoms. The lowest BCUT2D eigenvalue weighted by Gasteiger charge is -2.50. The van der Waals surface area contributed by atoms with Gasteiger partial charge in [-0.2, -0.15) is 0 Å². The van der Waals surface area contributed by atoms with Gasteiger partial charge in [-0.25, -0.2) is 0 Å². The molecule has 1 aliphatic carbocycles. The standard InChI is InChI=1S/C21H26N2O3/c1-15(24)19(25)22-11-9-21(10-12-22)13-18(16-5-3-2-4-6-16)20(26)23(14-21)17-7-8-17/h2-6,17-18H,7-14H2,1H3/t18-/m1/s1. The Hall–Kier alpha value is -2.17. The van der Waals surface area contributed by atoms with E-state index in [2.05, 4.69) is 17.0 Å². The van der Waals surface area contributed by atoms with Crippen molar-refractivity contribution < 1.29 is 14.4 Å². The number of benzene rings is 1. The average molecular weight is 354 g/mol. The predicted octanol–water partition coefficient (Wildman–Crippen LogP) is 2.36. The second kappa shape index (κ2) is 6.53. The summed E-state index contributed by atoms with van der Waals surface area (Å²) >= 11 is 0. The summed E-state index contributed by atoms with van der Waals surface area (Å²) in [5.74, 6) is -0.570. The van der Waals surface area contributed by atoms with Crippen molar-refractivity contribution in [3.63, 3.8) is 0 Å². The zero-order valence-corrected chi connectivity index (χ0v) is 15.3. The van der Waals surface area contributed by atoms with Crippen LogP contribution in [0.3, 0.4) is 0 Å².